The van der Waals surface area contributed by atoms with E-state index in [0.29, 0.717) is 12.2 Å². The average Bonchev–Trinajstić information content (AvgIpc) is 3.03. The van der Waals surface area contributed by atoms with Gasteiger partial charge in [-0.2, -0.15) is 0 Å². The lowest BCUT2D eigenvalue weighted by Crippen LogP contribution is -2.16. The Kier molecular flexibility index (Phi) is 3.13. The lowest BCUT2D eigenvalue weighted by atomic mass is 9.95. The van der Waals surface area contributed by atoms with Crippen molar-refractivity contribution in [3.05, 3.63) is 35.2 Å². The van der Waals surface area contributed by atoms with Crippen LogP contribution in [0.5, 0.6) is 0 Å². The third-order valence-electron chi connectivity index (χ3n) is 3.38. The summed E-state index contributed by atoms with van der Waals surface area (Å²) in [6, 6.07) is 1.66. The summed E-state index contributed by atoms with van der Waals surface area (Å²) in [5.41, 5.74) is 9.02. The molecule has 1 atom stereocenters. The molecule has 0 spiro atoms. The zero-order chi connectivity index (χ0) is 15.2. The Bertz CT molecular complexity index is 709. The van der Waals surface area contributed by atoms with Crippen LogP contribution in [-0.4, -0.2) is 20.8 Å². The number of aromatic nitrogens is 3. The lowest BCUT2D eigenvalue weighted by Gasteiger charge is -2.16. The Morgan fingerprint density at radius 2 is 2.10 bits per heavy atom. The predicted octanol–water partition coefficient (Wildman–Crippen LogP) is 2.46. The first kappa shape index (κ1) is 13.9. The molecule has 0 amide bonds. The maximum absolute atomic E-state index is 5.78. The first-order chi connectivity index (χ1) is 9.84. The van der Waals surface area contributed by atoms with Gasteiger partial charge in [0, 0.05) is 17.9 Å². The van der Waals surface area contributed by atoms with Gasteiger partial charge in [0.25, 0.3) is 0 Å². The summed E-state index contributed by atoms with van der Waals surface area (Å²) in [5.74, 6) is 1.49. The summed E-state index contributed by atoms with van der Waals surface area (Å²) >= 11 is 0. The molecule has 6 heteroatoms. The van der Waals surface area contributed by atoms with E-state index in [9.17, 15) is 0 Å². The fourth-order valence-corrected chi connectivity index (χ4v) is 2.13. The van der Waals surface area contributed by atoms with Gasteiger partial charge in [-0.05, 0) is 6.92 Å². The van der Waals surface area contributed by atoms with Crippen LogP contribution in [0.3, 0.4) is 0 Å². The van der Waals surface area contributed by atoms with E-state index in [4.69, 9.17) is 10.3 Å². The quantitative estimate of drug-likeness (QED) is 0.915. The van der Waals surface area contributed by atoms with E-state index in [1.165, 1.54) is 0 Å². The second-order valence-electron chi connectivity index (χ2n) is 6.41. The number of nitrogens with zero attached hydrogens (tertiary/aromatic N) is 4. The summed E-state index contributed by atoms with van der Waals surface area (Å²) < 4.78 is 5.22. The monoisotopic (exact) mass is 285 g/mol. The molecule has 21 heavy (non-hydrogen) atoms. The molecule has 0 saturated heterocycles. The van der Waals surface area contributed by atoms with Crippen molar-refractivity contribution in [3.63, 3.8) is 0 Å². The highest BCUT2D eigenvalue weighted by atomic mass is 16.5. The molecule has 0 bridgehead atoms. The molecule has 0 unspecified atom stereocenters. The Morgan fingerprint density at radius 1 is 1.33 bits per heavy atom. The minimum Gasteiger partial charge on any atom is -0.359 e. The maximum atomic E-state index is 5.78. The molecule has 1 aliphatic heterocycles. The fourth-order valence-electron chi connectivity index (χ4n) is 2.13. The van der Waals surface area contributed by atoms with Crippen LogP contribution in [-0.2, 0) is 11.8 Å². The van der Waals surface area contributed by atoms with Crippen molar-refractivity contribution in [3.8, 4) is 0 Å². The van der Waals surface area contributed by atoms with Crippen LogP contribution in [0.15, 0.2) is 21.8 Å². The van der Waals surface area contributed by atoms with Gasteiger partial charge in [-0.3, -0.25) is 0 Å². The van der Waals surface area contributed by atoms with Crippen LogP contribution < -0.4 is 5.73 Å². The van der Waals surface area contributed by atoms with Crippen LogP contribution in [0, 0.1) is 0 Å². The summed E-state index contributed by atoms with van der Waals surface area (Å²) in [6.07, 6.45) is 2.42. The zero-order valence-corrected chi connectivity index (χ0v) is 12.7. The van der Waals surface area contributed by atoms with Gasteiger partial charge in [0.1, 0.15) is 17.2 Å². The van der Waals surface area contributed by atoms with E-state index in [-0.39, 0.29) is 11.5 Å². The van der Waals surface area contributed by atoms with Crippen molar-refractivity contribution in [2.24, 2.45) is 10.7 Å². The predicted molar refractivity (Wildman–Crippen MR) is 79.7 cm³/mol. The Labute approximate surface area is 123 Å². The molecule has 0 aliphatic carbocycles. The highest BCUT2D eigenvalue weighted by molar-refractivity contribution is 6.04. The van der Waals surface area contributed by atoms with Gasteiger partial charge in [-0.1, -0.05) is 25.9 Å². The molecule has 0 saturated carbocycles. The molecule has 0 fully saturated rings. The number of rotatable bonds is 2. The zero-order valence-electron chi connectivity index (χ0n) is 12.7. The van der Waals surface area contributed by atoms with Crippen LogP contribution in [0.25, 0.3) is 0 Å². The van der Waals surface area contributed by atoms with Crippen LogP contribution in [0.2, 0.25) is 0 Å². The summed E-state index contributed by atoms with van der Waals surface area (Å²) in [7, 11) is 0. The molecule has 0 radical (unpaired) electrons. The van der Waals surface area contributed by atoms with Gasteiger partial charge < -0.3 is 10.3 Å². The molecule has 0 aromatic carbocycles. The van der Waals surface area contributed by atoms with Crippen molar-refractivity contribution in [2.75, 3.05) is 0 Å². The lowest BCUT2D eigenvalue weighted by molar-refractivity contribution is 0.366. The Morgan fingerprint density at radius 3 is 2.71 bits per heavy atom. The topological polar surface area (TPSA) is 90.2 Å². The van der Waals surface area contributed by atoms with Gasteiger partial charge in [-0.25, -0.2) is 15.0 Å². The van der Waals surface area contributed by atoms with Crippen LogP contribution >= 0.6 is 0 Å². The number of hydrogen-bond donors (Lipinski definition) is 1. The Hall–Kier alpha value is -2.08. The number of aliphatic imine (C=N–C) groups is 1. The normalized spacial score (nSPS) is 15.8. The van der Waals surface area contributed by atoms with Gasteiger partial charge in [-0.15, -0.1) is 0 Å². The molecule has 3 rings (SSSR count). The number of fused-ring (bicyclic) bond motifs is 1. The molecule has 2 N–H and O–H groups in total. The van der Waals surface area contributed by atoms with Crippen LogP contribution in [0.1, 0.15) is 56.7 Å². The van der Waals surface area contributed by atoms with E-state index in [2.05, 4.69) is 40.9 Å². The third kappa shape index (κ3) is 2.58. The van der Waals surface area contributed by atoms with Gasteiger partial charge >= 0.3 is 0 Å². The largest absolute Gasteiger partial charge is 0.359 e. The van der Waals surface area contributed by atoms with E-state index >= 15 is 0 Å². The molecule has 1 aliphatic rings. The van der Waals surface area contributed by atoms with Crippen LogP contribution in [0.4, 0.5) is 5.69 Å². The summed E-state index contributed by atoms with van der Waals surface area (Å²) in [6.45, 7) is 8.14. The number of hydrogen-bond acceptors (Lipinski definition) is 6. The van der Waals surface area contributed by atoms with Crippen molar-refractivity contribution < 1.29 is 4.52 Å². The first-order valence-corrected chi connectivity index (χ1v) is 7.01. The highest BCUT2D eigenvalue weighted by Crippen LogP contribution is 2.29. The van der Waals surface area contributed by atoms with E-state index in [0.717, 1.165) is 28.6 Å². The van der Waals surface area contributed by atoms with Gasteiger partial charge in [0.05, 0.1) is 23.6 Å². The van der Waals surface area contributed by atoms with E-state index in [1.807, 2.05) is 13.0 Å². The molecular weight excluding hydrogens is 266 g/mol. The number of nitrogens with two attached hydrogens (primary N) is 1. The van der Waals surface area contributed by atoms with Gasteiger partial charge in [0.15, 0.2) is 5.76 Å². The standard InChI is InChI=1S/C15H19N5O/c1-8(16)13-6-11(20-21-13)9-5-10-12(18-9)7-17-14(19-10)15(2,3)4/h6-8H,5,16H2,1-4H3/t8-/m1/s1. The molecule has 110 valence electrons. The van der Waals surface area contributed by atoms with Crippen molar-refractivity contribution in [2.45, 2.75) is 45.6 Å². The van der Waals surface area contributed by atoms with Crippen molar-refractivity contribution in [1.82, 2.24) is 15.1 Å². The minimum absolute atomic E-state index is 0.0756. The smallest absolute Gasteiger partial charge is 0.153 e. The molecular formula is C15H19N5O. The molecule has 2 aromatic rings. The third-order valence-corrected chi connectivity index (χ3v) is 3.38. The highest BCUT2D eigenvalue weighted by Gasteiger charge is 2.24. The van der Waals surface area contributed by atoms with Crippen molar-refractivity contribution >= 4 is 11.4 Å². The van der Waals surface area contributed by atoms with E-state index < -0.39 is 0 Å². The summed E-state index contributed by atoms with van der Waals surface area (Å²) in [5, 5.41) is 4.04. The minimum atomic E-state index is -0.178. The first-order valence-electron chi connectivity index (χ1n) is 7.01. The SMILES string of the molecule is C[C@@H](N)c1cc(C2=Nc3cnc(C(C)(C)C)nc3C2)no1. The molecule has 2 aromatic heterocycles. The Balaban J connectivity index is 1.89. The molecule has 3 heterocycles. The van der Waals surface area contributed by atoms with Crippen molar-refractivity contribution in [1.29, 1.82) is 0 Å². The maximum Gasteiger partial charge on any atom is 0.153 e. The van der Waals surface area contributed by atoms with Gasteiger partial charge in [0.2, 0.25) is 0 Å². The second kappa shape index (κ2) is 4.73. The average molecular weight is 285 g/mol. The van der Waals surface area contributed by atoms with E-state index in [1.54, 1.807) is 6.20 Å². The summed E-state index contributed by atoms with van der Waals surface area (Å²) in [4.78, 5) is 13.6. The second-order valence-corrected chi connectivity index (χ2v) is 6.41. The molecule has 6 nitrogen and oxygen atoms in total. The fraction of sp³-hybridized carbons (Fsp3) is 0.467.